The Bertz CT molecular complexity index is 362. The van der Waals surface area contributed by atoms with Crippen LogP contribution in [0.25, 0.3) is 0 Å². The van der Waals surface area contributed by atoms with Gasteiger partial charge in [-0.3, -0.25) is 4.68 Å². The van der Waals surface area contributed by atoms with Gasteiger partial charge in [0.2, 0.25) is 0 Å². The first-order valence-corrected chi connectivity index (χ1v) is 7.43. The number of aryl methyl sites for hydroxylation is 1. The molecule has 0 aliphatic carbocycles. The Labute approximate surface area is 118 Å². The lowest BCUT2D eigenvalue weighted by atomic mass is 9.92. The fourth-order valence-electron chi connectivity index (χ4n) is 2.32. The van der Waals surface area contributed by atoms with E-state index in [1.807, 2.05) is 4.68 Å². The van der Waals surface area contributed by atoms with Gasteiger partial charge < -0.3 is 5.32 Å². The lowest BCUT2D eigenvalue weighted by Crippen LogP contribution is -2.40. The highest BCUT2D eigenvalue weighted by Gasteiger charge is 2.18. The molecule has 1 aromatic rings. The van der Waals surface area contributed by atoms with Crippen LogP contribution in [-0.2, 0) is 13.0 Å². The number of rotatable bonds is 7. The molecule has 1 atom stereocenters. The summed E-state index contributed by atoms with van der Waals surface area (Å²) in [7, 11) is 0. The molecule has 1 N–H and O–H groups in total. The van der Waals surface area contributed by atoms with Gasteiger partial charge in [0.15, 0.2) is 0 Å². The summed E-state index contributed by atoms with van der Waals surface area (Å²) in [6, 6.07) is 0. The SMILES string of the molecule is CCn1ncnc1CC(CNC(C)(C)C)CC(C)C. The zero-order valence-electron chi connectivity index (χ0n) is 13.4. The Morgan fingerprint density at radius 1 is 1.32 bits per heavy atom. The maximum absolute atomic E-state index is 4.40. The highest BCUT2D eigenvalue weighted by atomic mass is 15.3. The minimum absolute atomic E-state index is 0.174. The van der Waals surface area contributed by atoms with Gasteiger partial charge in [-0.25, -0.2) is 4.98 Å². The minimum atomic E-state index is 0.174. The average Bonchev–Trinajstić information content (AvgIpc) is 2.71. The Hall–Kier alpha value is -0.900. The molecule has 4 heteroatoms. The second-order valence-corrected chi connectivity index (χ2v) is 6.82. The fraction of sp³-hybridized carbons (Fsp3) is 0.867. The van der Waals surface area contributed by atoms with Gasteiger partial charge in [0.05, 0.1) is 0 Å². The molecule has 0 amide bonds. The van der Waals surface area contributed by atoms with Gasteiger partial charge in [0.1, 0.15) is 12.2 Å². The van der Waals surface area contributed by atoms with Crippen molar-refractivity contribution in [1.82, 2.24) is 20.1 Å². The molecule has 0 saturated carbocycles. The molecule has 1 rings (SSSR count). The maximum Gasteiger partial charge on any atom is 0.138 e. The molecule has 4 nitrogen and oxygen atoms in total. The van der Waals surface area contributed by atoms with E-state index >= 15 is 0 Å². The first-order chi connectivity index (χ1) is 8.81. The third-order valence-electron chi connectivity index (χ3n) is 3.19. The second-order valence-electron chi connectivity index (χ2n) is 6.82. The van der Waals surface area contributed by atoms with Gasteiger partial charge in [0.25, 0.3) is 0 Å². The quantitative estimate of drug-likeness (QED) is 0.825. The highest BCUT2D eigenvalue weighted by molar-refractivity contribution is 4.89. The van der Waals surface area contributed by atoms with Gasteiger partial charge in [0, 0.05) is 18.5 Å². The first kappa shape index (κ1) is 16.2. The van der Waals surface area contributed by atoms with Crippen LogP contribution in [0.5, 0.6) is 0 Å². The number of aromatic nitrogens is 3. The first-order valence-electron chi connectivity index (χ1n) is 7.43. The summed E-state index contributed by atoms with van der Waals surface area (Å²) in [5, 5.41) is 7.88. The Kier molecular flexibility index (Phi) is 5.98. The summed E-state index contributed by atoms with van der Waals surface area (Å²) in [4.78, 5) is 4.40. The monoisotopic (exact) mass is 266 g/mol. The van der Waals surface area contributed by atoms with Crippen molar-refractivity contribution in [1.29, 1.82) is 0 Å². The normalized spacial score (nSPS) is 14.1. The number of nitrogens with one attached hydrogen (secondary N) is 1. The van der Waals surface area contributed by atoms with Crippen molar-refractivity contribution in [3.8, 4) is 0 Å². The molecule has 0 aromatic carbocycles. The molecule has 1 aromatic heterocycles. The van der Waals surface area contributed by atoms with E-state index < -0.39 is 0 Å². The van der Waals surface area contributed by atoms with Crippen LogP contribution in [-0.4, -0.2) is 26.8 Å². The van der Waals surface area contributed by atoms with Crippen LogP contribution in [0.3, 0.4) is 0 Å². The molecular formula is C15H30N4. The van der Waals surface area contributed by atoms with Crippen molar-refractivity contribution in [2.75, 3.05) is 6.54 Å². The van der Waals surface area contributed by atoms with E-state index in [-0.39, 0.29) is 5.54 Å². The van der Waals surface area contributed by atoms with Gasteiger partial charge in [-0.15, -0.1) is 0 Å². The van der Waals surface area contributed by atoms with E-state index in [2.05, 4.69) is 56.9 Å². The predicted octanol–water partition coefficient (Wildman–Crippen LogP) is 2.89. The topological polar surface area (TPSA) is 42.7 Å². The summed E-state index contributed by atoms with van der Waals surface area (Å²) in [6.45, 7) is 15.3. The van der Waals surface area contributed by atoms with Crippen molar-refractivity contribution >= 4 is 0 Å². The molecule has 0 fully saturated rings. The summed E-state index contributed by atoms with van der Waals surface area (Å²) in [5.74, 6) is 2.45. The number of hydrogen-bond donors (Lipinski definition) is 1. The number of hydrogen-bond acceptors (Lipinski definition) is 3. The van der Waals surface area contributed by atoms with Crippen LogP contribution in [0.4, 0.5) is 0 Å². The zero-order valence-corrected chi connectivity index (χ0v) is 13.4. The Morgan fingerprint density at radius 2 is 2.00 bits per heavy atom. The summed E-state index contributed by atoms with van der Waals surface area (Å²) < 4.78 is 2.00. The lowest BCUT2D eigenvalue weighted by Gasteiger charge is -2.26. The average molecular weight is 266 g/mol. The van der Waals surface area contributed by atoms with Crippen molar-refractivity contribution in [3.05, 3.63) is 12.2 Å². The molecule has 0 bridgehead atoms. The van der Waals surface area contributed by atoms with Crippen molar-refractivity contribution in [2.45, 2.75) is 66.5 Å². The molecule has 0 spiro atoms. The molecule has 0 aliphatic rings. The minimum Gasteiger partial charge on any atom is -0.312 e. The van der Waals surface area contributed by atoms with E-state index in [1.165, 1.54) is 6.42 Å². The van der Waals surface area contributed by atoms with E-state index in [1.54, 1.807) is 6.33 Å². The zero-order chi connectivity index (χ0) is 14.5. The van der Waals surface area contributed by atoms with Gasteiger partial charge in [-0.1, -0.05) is 13.8 Å². The molecule has 1 heterocycles. The van der Waals surface area contributed by atoms with Gasteiger partial charge in [-0.05, 0) is 52.5 Å². The number of nitrogens with zero attached hydrogens (tertiary/aromatic N) is 3. The smallest absolute Gasteiger partial charge is 0.138 e. The highest BCUT2D eigenvalue weighted by Crippen LogP contribution is 2.16. The standard InChI is InChI=1S/C15H30N4/c1-7-19-14(16-11-18-19)9-13(8-12(2)3)10-17-15(4,5)6/h11-13,17H,7-10H2,1-6H3. The van der Waals surface area contributed by atoms with Gasteiger partial charge >= 0.3 is 0 Å². The van der Waals surface area contributed by atoms with Crippen LogP contribution in [0, 0.1) is 11.8 Å². The third kappa shape index (κ3) is 6.19. The molecule has 1 unspecified atom stereocenters. The van der Waals surface area contributed by atoms with E-state index in [0.717, 1.165) is 25.3 Å². The van der Waals surface area contributed by atoms with E-state index in [9.17, 15) is 0 Å². The van der Waals surface area contributed by atoms with Crippen molar-refractivity contribution < 1.29 is 0 Å². The second kappa shape index (κ2) is 7.04. The molecule has 0 aliphatic heterocycles. The van der Waals surface area contributed by atoms with Crippen LogP contribution in [0.2, 0.25) is 0 Å². The third-order valence-corrected chi connectivity index (χ3v) is 3.19. The molecule has 0 saturated heterocycles. The summed E-state index contributed by atoms with van der Waals surface area (Å²) in [5.41, 5.74) is 0.174. The molecule has 0 radical (unpaired) electrons. The van der Waals surface area contributed by atoms with Crippen LogP contribution >= 0.6 is 0 Å². The predicted molar refractivity (Wildman–Crippen MR) is 80.1 cm³/mol. The van der Waals surface area contributed by atoms with Crippen LogP contribution in [0.15, 0.2) is 6.33 Å². The van der Waals surface area contributed by atoms with Gasteiger partial charge in [-0.2, -0.15) is 5.10 Å². The Morgan fingerprint density at radius 3 is 2.53 bits per heavy atom. The molecule has 110 valence electrons. The fourth-order valence-corrected chi connectivity index (χ4v) is 2.32. The Balaban J connectivity index is 2.63. The molecule has 19 heavy (non-hydrogen) atoms. The van der Waals surface area contributed by atoms with Crippen LogP contribution < -0.4 is 5.32 Å². The van der Waals surface area contributed by atoms with E-state index in [4.69, 9.17) is 0 Å². The molecular weight excluding hydrogens is 236 g/mol. The van der Waals surface area contributed by atoms with Crippen molar-refractivity contribution in [3.63, 3.8) is 0 Å². The largest absolute Gasteiger partial charge is 0.312 e. The summed E-state index contributed by atoms with van der Waals surface area (Å²) >= 11 is 0. The summed E-state index contributed by atoms with van der Waals surface area (Å²) in [6.07, 6.45) is 3.90. The van der Waals surface area contributed by atoms with Crippen LogP contribution in [0.1, 0.15) is 53.8 Å². The van der Waals surface area contributed by atoms with Crippen molar-refractivity contribution in [2.24, 2.45) is 11.8 Å². The lowest BCUT2D eigenvalue weighted by molar-refractivity contribution is 0.325. The maximum atomic E-state index is 4.40. The van der Waals surface area contributed by atoms with E-state index in [0.29, 0.717) is 11.8 Å².